The largest absolute Gasteiger partial charge is 0.452 e. The smallest absolute Gasteiger partial charge is 0.338 e. The lowest BCUT2D eigenvalue weighted by molar-refractivity contribution is -0.384. The van der Waals surface area contributed by atoms with Crippen molar-refractivity contribution in [1.29, 1.82) is 0 Å². The van der Waals surface area contributed by atoms with Crippen molar-refractivity contribution < 1.29 is 19.2 Å². The number of carbonyl (C=O) groups is 2. The van der Waals surface area contributed by atoms with E-state index in [9.17, 15) is 19.7 Å². The second kappa shape index (κ2) is 10.4. The van der Waals surface area contributed by atoms with Gasteiger partial charge in [-0.1, -0.05) is 32.1 Å². The van der Waals surface area contributed by atoms with E-state index in [0.717, 1.165) is 64.5 Å². The minimum absolute atomic E-state index is 0.0911. The predicted octanol–water partition coefficient (Wildman–Crippen LogP) is 3.92. The highest BCUT2D eigenvalue weighted by atomic mass is 16.6. The average molecular weight is 418 g/mol. The number of carbonyl (C=O) groups excluding carboxylic acids is 2. The zero-order valence-electron chi connectivity index (χ0n) is 17.7. The molecule has 0 aromatic heterocycles. The first-order chi connectivity index (χ1) is 14.5. The summed E-state index contributed by atoms with van der Waals surface area (Å²) in [6.07, 6.45) is 9.59. The molecule has 8 nitrogen and oxygen atoms in total. The number of ether oxygens (including phenoxy) is 1. The van der Waals surface area contributed by atoms with Crippen LogP contribution in [0.4, 0.5) is 11.4 Å². The first-order valence-electron chi connectivity index (χ1n) is 10.9. The van der Waals surface area contributed by atoms with Crippen LogP contribution in [0.3, 0.4) is 0 Å². The van der Waals surface area contributed by atoms with Crippen LogP contribution in [0.5, 0.6) is 0 Å². The van der Waals surface area contributed by atoms with Gasteiger partial charge in [-0.3, -0.25) is 14.9 Å². The number of nitro benzene ring substituents is 1. The molecule has 0 unspecified atom stereocenters. The van der Waals surface area contributed by atoms with Gasteiger partial charge in [-0.2, -0.15) is 0 Å². The van der Waals surface area contributed by atoms with Crippen LogP contribution in [0.15, 0.2) is 18.2 Å². The summed E-state index contributed by atoms with van der Waals surface area (Å²) in [6, 6.07) is 4.62. The maximum Gasteiger partial charge on any atom is 0.338 e. The number of hydrogen-bond donors (Lipinski definition) is 0. The van der Waals surface area contributed by atoms with Crippen molar-refractivity contribution in [3.8, 4) is 0 Å². The van der Waals surface area contributed by atoms with Gasteiger partial charge in [0, 0.05) is 32.2 Å². The summed E-state index contributed by atoms with van der Waals surface area (Å²) < 4.78 is 5.18. The molecule has 8 heteroatoms. The summed E-state index contributed by atoms with van der Waals surface area (Å²) in [4.78, 5) is 39.7. The molecule has 0 spiro atoms. The second-order valence-corrected chi connectivity index (χ2v) is 8.23. The first kappa shape index (κ1) is 22.1. The summed E-state index contributed by atoms with van der Waals surface area (Å²) in [6.45, 7) is 1.19. The van der Waals surface area contributed by atoms with E-state index in [1.807, 2.05) is 4.90 Å². The Morgan fingerprint density at radius 2 is 1.73 bits per heavy atom. The van der Waals surface area contributed by atoms with E-state index in [0.29, 0.717) is 5.69 Å². The Kier molecular flexibility index (Phi) is 7.65. The van der Waals surface area contributed by atoms with E-state index >= 15 is 0 Å². The third kappa shape index (κ3) is 5.49. The molecular formula is C22H31N3O5. The molecule has 1 saturated carbocycles. The van der Waals surface area contributed by atoms with Gasteiger partial charge < -0.3 is 14.5 Å². The highest BCUT2D eigenvalue weighted by Crippen LogP contribution is 2.31. The van der Waals surface area contributed by atoms with Crippen LogP contribution in [0, 0.1) is 10.1 Å². The van der Waals surface area contributed by atoms with Crippen molar-refractivity contribution in [2.24, 2.45) is 0 Å². The molecule has 1 saturated heterocycles. The zero-order chi connectivity index (χ0) is 21.5. The van der Waals surface area contributed by atoms with Crippen LogP contribution in [0.2, 0.25) is 0 Å². The molecule has 0 radical (unpaired) electrons. The van der Waals surface area contributed by atoms with E-state index < -0.39 is 10.9 Å². The van der Waals surface area contributed by atoms with Crippen molar-refractivity contribution >= 4 is 23.3 Å². The number of esters is 1. The Hall–Kier alpha value is -2.64. The third-order valence-electron chi connectivity index (χ3n) is 6.20. The quantitative estimate of drug-likeness (QED) is 0.396. The van der Waals surface area contributed by atoms with Crippen LogP contribution in [-0.2, 0) is 9.53 Å². The highest BCUT2D eigenvalue weighted by molar-refractivity contribution is 5.93. The van der Waals surface area contributed by atoms with Gasteiger partial charge in [0.15, 0.2) is 6.61 Å². The summed E-state index contributed by atoms with van der Waals surface area (Å²) >= 11 is 0. The van der Waals surface area contributed by atoms with Crippen molar-refractivity contribution in [1.82, 2.24) is 4.90 Å². The number of rotatable bonds is 6. The molecule has 2 aliphatic rings. The van der Waals surface area contributed by atoms with Crippen LogP contribution in [0.1, 0.15) is 68.1 Å². The Balaban J connectivity index is 1.64. The Labute approximate surface area is 177 Å². The van der Waals surface area contributed by atoms with E-state index in [4.69, 9.17) is 4.74 Å². The topological polar surface area (TPSA) is 93.0 Å². The fraction of sp³-hybridized carbons (Fsp3) is 0.636. The molecule has 1 aromatic rings. The number of benzene rings is 1. The van der Waals surface area contributed by atoms with Crippen LogP contribution in [-0.4, -0.2) is 54.5 Å². The minimum Gasteiger partial charge on any atom is -0.452 e. The molecule has 1 heterocycles. The summed E-state index contributed by atoms with van der Waals surface area (Å²) in [5, 5.41) is 11.6. The van der Waals surface area contributed by atoms with Crippen LogP contribution in [0.25, 0.3) is 0 Å². The number of likely N-dealkylation sites (N-methyl/N-ethyl adjacent to an activating group) is 1. The van der Waals surface area contributed by atoms with Gasteiger partial charge in [0.2, 0.25) is 0 Å². The molecule has 1 aliphatic carbocycles. The Morgan fingerprint density at radius 3 is 2.37 bits per heavy atom. The van der Waals surface area contributed by atoms with Gasteiger partial charge in [-0.05, 0) is 37.8 Å². The molecule has 2 fully saturated rings. The van der Waals surface area contributed by atoms with E-state index in [1.54, 1.807) is 24.1 Å². The molecule has 0 atom stereocenters. The second-order valence-electron chi connectivity index (χ2n) is 8.23. The normalized spacial score (nSPS) is 17.8. The number of nitro groups is 1. The molecule has 1 aliphatic heterocycles. The molecule has 0 bridgehead atoms. The molecule has 164 valence electrons. The monoisotopic (exact) mass is 417 g/mol. The fourth-order valence-corrected chi connectivity index (χ4v) is 4.36. The Bertz CT molecular complexity index is 768. The van der Waals surface area contributed by atoms with E-state index in [2.05, 4.69) is 0 Å². The molecular weight excluding hydrogens is 386 g/mol. The minimum atomic E-state index is -0.717. The van der Waals surface area contributed by atoms with Crippen LogP contribution >= 0.6 is 0 Å². The zero-order valence-corrected chi connectivity index (χ0v) is 17.7. The summed E-state index contributed by atoms with van der Waals surface area (Å²) in [5.74, 6) is -0.961. The SMILES string of the molecule is CN(C(=O)COC(=O)c1ccc(N2CCCCCC2)c([N+](=O)[O-])c1)C1CCCCC1. The van der Waals surface area contributed by atoms with Crippen molar-refractivity contribution in [3.63, 3.8) is 0 Å². The first-order valence-corrected chi connectivity index (χ1v) is 10.9. The highest BCUT2D eigenvalue weighted by Gasteiger charge is 2.25. The number of amides is 1. The lowest BCUT2D eigenvalue weighted by Crippen LogP contribution is -2.40. The summed E-state index contributed by atoms with van der Waals surface area (Å²) in [7, 11) is 1.74. The number of hydrogen-bond acceptors (Lipinski definition) is 6. The molecule has 0 N–H and O–H groups in total. The average Bonchev–Trinajstić information content (AvgIpc) is 3.06. The van der Waals surface area contributed by atoms with Gasteiger partial charge in [0.25, 0.3) is 11.6 Å². The lowest BCUT2D eigenvalue weighted by Gasteiger charge is -2.31. The van der Waals surface area contributed by atoms with Gasteiger partial charge >= 0.3 is 5.97 Å². The van der Waals surface area contributed by atoms with E-state index in [1.165, 1.54) is 12.5 Å². The van der Waals surface area contributed by atoms with Crippen molar-refractivity contribution in [2.45, 2.75) is 63.8 Å². The predicted molar refractivity (Wildman–Crippen MR) is 114 cm³/mol. The van der Waals surface area contributed by atoms with Gasteiger partial charge in [0.05, 0.1) is 10.5 Å². The van der Waals surface area contributed by atoms with Gasteiger partial charge in [0.1, 0.15) is 5.69 Å². The molecule has 30 heavy (non-hydrogen) atoms. The number of nitrogens with zero attached hydrogens (tertiary/aromatic N) is 3. The maximum absolute atomic E-state index is 12.4. The number of anilines is 1. The molecule has 1 amide bonds. The van der Waals surface area contributed by atoms with Gasteiger partial charge in [-0.15, -0.1) is 0 Å². The molecule has 1 aromatic carbocycles. The van der Waals surface area contributed by atoms with Crippen molar-refractivity contribution in [3.05, 3.63) is 33.9 Å². The summed E-state index contributed by atoms with van der Waals surface area (Å²) in [5.41, 5.74) is 0.525. The van der Waals surface area contributed by atoms with E-state index in [-0.39, 0.29) is 29.8 Å². The maximum atomic E-state index is 12.4. The van der Waals surface area contributed by atoms with Crippen molar-refractivity contribution in [2.75, 3.05) is 31.6 Å². The standard InChI is InChI=1S/C22H31N3O5/c1-23(18-9-5-4-6-10-18)21(26)16-30-22(27)17-11-12-19(20(15-17)25(28)29)24-13-7-2-3-8-14-24/h11-12,15,18H,2-10,13-14,16H2,1H3. The Morgan fingerprint density at radius 1 is 1.10 bits per heavy atom. The lowest BCUT2D eigenvalue weighted by atomic mass is 9.94. The fourth-order valence-electron chi connectivity index (χ4n) is 4.36. The van der Waals surface area contributed by atoms with Gasteiger partial charge in [-0.25, -0.2) is 4.79 Å². The molecule has 3 rings (SSSR count). The van der Waals surface area contributed by atoms with Crippen LogP contribution < -0.4 is 4.90 Å². The third-order valence-corrected chi connectivity index (χ3v) is 6.20.